The van der Waals surface area contributed by atoms with E-state index in [2.05, 4.69) is 6.92 Å². The lowest BCUT2D eigenvalue weighted by molar-refractivity contribution is 0.168. The van der Waals surface area contributed by atoms with Gasteiger partial charge in [0.05, 0.1) is 18.9 Å². The van der Waals surface area contributed by atoms with Crippen LogP contribution in [-0.2, 0) is 4.84 Å². The first kappa shape index (κ1) is 11.1. The standard InChI is InChI=1S/C12H18N2O2/c1-2-8-15-11-6-3-5-10(12(11)13)14-7-4-9-16-14/h3,5-6H,2,4,7-9,13H2,1H3. The lowest BCUT2D eigenvalue weighted by Gasteiger charge is -2.19. The molecule has 1 heterocycles. The fraction of sp³-hybridized carbons (Fsp3) is 0.500. The van der Waals surface area contributed by atoms with Gasteiger partial charge in [0.25, 0.3) is 0 Å². The Bertz CT molecular complexity index is 349. The zero-order valence-corrected chi connectivity index (χ0v) is 9.61. The molecule has 0 unspecified atom stereocenters. The molecule has 16 heavy (non-hydrogen) atoms. The van der Waals surface area contributed by atoms with Gasteiger partial charge < -0.3 is 10.5 Å². The predicted molar refractivity (Wildman–Crippen MR) is 64.6 cm³/mol. The summed E-state index contributed by atoms with van der Waals surface area (Å²) >= 11 is 0. The number of nitrogen functional groups attached to an aromatic ring is 1. The molecule has 4 heteroatoms. The zero-order chi connectivity index (χ0) is 11.4. The maximum absolute atomic E-state index is 6.06. The number of benzene rings is 1. The summed E-state index contributed by atoms with van der Waals surface area (Å²) in [4.78, 5) is 5.48. The van der Waals surface area contributed by atoms with Crippen LogP contribution in [0.5, 0.6) is 5.75 Å². The van der Waals surface area contributed by atoms with E-state index < -0.39 is 0 Å². The van der Waals surface area contributed by atoms with Crippen molar-refractivity contribution >= 4 is 11.4 Å². The summed E-state index contributed by atoms with van der Waals surface area (Å²) in [6.07, 6.45) is 2.02. The molecule has 2 rings (SSSR count). The van der Waals surface area contributed by atoms with Gasteiger partial charge in [-0.15, -0.1) is 0 Å². The minimum Gasteiger partial charge on any atom is -0.491 e. The fourth-order valence-electron chi connectivity index (χ4n) is 1.73. The third-order valence-corrected chi connectivity index (χ3v) is 2.53. The molecule has 1 aromatic carbocycles. The van der Waals surface area contributed by atoms with Gasteiger partial charge in [0, 0.05) is 6.54 Å². The summed E-state index contributed by atoms with van der Waals surface area (Å²) in [5.41, 5.74) is 7.63. The van der Waals surface area contributed by atoms with Crippen molar-refractivity contribution in [1.29, 1.82) is 0 Å². The van der Waals surface area contributed by atoms with Gasteiger partial charge in [-0.3, -0.25) is 9.90 Å². The van der Waals surface area contributed by atoms with Crippen LogP contribution in [0.3, 0.4) is 0 Å². The van der Waals surface area contributed by atoms with E-state index in [-0.39, 0.29) is 0 Å². The highest BCUT2D eigenvalue weighted by atomic mass is 16.7. The molecule has 1 aliphatic rings. The normalized spacial score (nSPS) is 15.4. The molecule has 2 N–H and O–H groups in total. The average Bonchev–Trinajstić information content (AvgIpc) is 2.81. The number of hydrogen-bond acceptors (Lipinski definition) is 4. The number of anilines is 2. The molecule has 0 amide bonds. The Morgan fingerprint density at radius 3 is 3.06 bits per heavy atom. The van der Waals surface area contributed by atoms with Crippen LogP contribution in [0.15, 0.2) is 18.2 Å². The molecule has 1 fully saturated rings. The lowest BCUT2D eigenvalue weighted by atomic mass is 10.2. The van der Waals surface area contributed by atoms with Gasteiger partial charge in [0.15, 0.2) is 0 Å². The van der Waals surface area contributed by atoms with Gasteiger partial charge in [0.2, 0.25) is 0 Å². The second kappa shape index (κ2) is 5.07. The maximum atomic E-state index is 6.06. The van der Waals surface area contributed by atoms with Crippen molar-refractivity contribution in [3.63, 3.8) is 0 Å². The summed E-state index contributed by atoms with van der Waals surface area (Å²) in [7, 11) is 0. The fourth-order valence-corrected chi connectivity index (χ4v) is 1.73. The summed E-state index contributed by atoms with van der Waals surface area (Å²) in [5, 5.41) is 1.84. The minimum absolute atomic E-state index is 0.665. The van der Waals surface area contributed by atoms with Crippen molar-refractivity contribution in [2.75, 3.05) is 30.6 Å². The highest BCUT2D eigenvalue weighted by Crippen LogP contribution is 2.33. The first-order valence-electron chi connectivity index (χ1n) is 5.74. The van der Waals surface area contributed by atoms with Gasteiger partial charge >= 0.3 is 0 Å². The number of nitrogens with zero attached hydrogens (tertiary/aromatic N) is 1. The van der Waals surface area contributed by atoms with Crippen LogP contribution in [0.25, 0.3) is 0 Å². The number of nitrogens with two attached hydrogens (primary N) is 1. The Hall–Kier alpha value is -1.42. The van der Waals surface area contributed by atoms with Gasteiger partial charge in [-0.1, -0.05) is 13.0 Å². The topological polar surface area (TPSA) is 47.7 Å². The summed E-state index contributed by atoms with van der Waals surface area (Å²) in [5.74, 6) is 0.745. The van der Waals surface area contributed by atoms with E-state index in [1.807, 2.05) is 23.3 Å². The predicted octanol–water partition coefficient (Wildman–Crippen LogP) is 2.20. The molecule has 0 saturated carbocycles. The van der Waals surface area contributed by atoms with Gasteiger partial charge in [0.1, 0.15) is 11.4 Å². The molecule has 0 atom stereocenters. The summed E-state index contributed by atoms with van der Waals surface area (Å²) in [6, 6.07) is 5.79. The zero-order valence-electron chi connectivity index (χ0n) is 9.61. The molecule has 0 bridgehead atoms. The quantitative estimate of drug-likeness (QED) is 0.793. The Morgan fingerprint density at radius 2 is 2.38 bits per heavy atom. The third kappa shape index (κ3) is 2.22. The molecule has 1 aromatic rings. The molecule has 0 spiro atoms. The highest BCUT2D eigenvalue weighted by Gasteiger charge is 2.17. The van der Waals surface area contributed by atoms with Crippen molar-refractivity contribution in [3.05, 3.63) is 18.2 Å². The van der Waals surface area contributed by atoms with Crippen molar-refractivity contribution in [2.24, 2.45) is 0 Å². The molecule has 0 aliphatic carbocycles. The maximum Gasteiger partial charge on any atom is 0.144 e. The average molecular weight is 222 g/mol. The first-order chi connectivity index (χ1) is 7.83. The van der Waals surface area contributed by atoms with Crippen molar-refractivity contribution in [2.45, 2.75) is 19.8 Å². The van der Waals surface area contributed by atoms with Crippen LogP contribution in [0.2, 0.25) is 0 Å². The van der Waals surface area contributed by atoms with E-state index in [4.69, 9.17) is 15.3 Å². The van der Waals surface area contributed by atoms with E-state index in [0.717, 1.165) is 37.4 Å². The van der Waals surface area contributed by atoms with E-state index >= 15 is 0 Å². The van der Waals surface area contributed by atoms with Crippen LogP contribution in [0.4, 0.5) is 11.4 Å². The van der Waals surface area contributed by atoms with Gasteiger partial charge in [-0.05, 0) is 25.0 Å². The van der Waals surface area contributed by atoms with Gasteiger partial charge in [-0.25, -0.2) is 0 Å². The number of hydroxylamine groups is 1. The molecular formula is C12H18N2O2. The molecule has 1 saturated heterocycles. The SMILES string of the molecule is CCCOc1cccc(N2CCCO2)c1N. The minimum atomic E-state index is 0.665. The molecular weight excluding hydrogens is 204 g/mol. The van der Waals surface area contributed by atoms with Crippen LogP contribution in [0.1, 0.15) is 19.8 Å². The number of rotatable bonds is 4. The van der Waals surface area contributed by atoms with E-state index in [1.54, 1.807) is 0 Å². The highest BCUT2D eigenvalue weighted by molar-refractivity contribution is 5.73. The van der Waals surface area contributed by atoms with E-state index in [1.165, 1.54) is 0 Å². The van der Waals surface area contributed by atoms with Crippen LogP contribution in [0, 0.1) is 0 Å². The van der Waals surface area contributed by atoms with Crippen molar-refractivity contribution in [3.8, 4) is 5.75 Å². The van der Waals surface area contributed by atoms with Crippen molar-refractivity contribution < 1.29 is 9.57 Å². The lowest BCUT2D eigenvalue weighted by Crippen LogP contribution is -2.18. The first-order valence-corrected chi connectivity index (χ1v) is 5.74. The van der Waals surface area contributed by atoms with Crippen LogP contribution in [-0.4, -0.2) is 19.8 Å². The third-order valence-electron chi connectivity index (χ3n) is 2.53. The van der Waals surface area contributed by atoms with Gasteiger partial charge in [-0.2, -0.15) is 0 Å². The molecule has 1 aliphatic heterocycles. The molecule has 0 radical (unpaired) electrons. The number of ether oxygens (including phenoxy) is 1. The van der Waals surface area contributed by atoms with E-state index in [9.17, 15) is 0 Å². The van der Waals surface area contributed by atoms with Crippen LogP contribution >= 0.6 is 0 Å². The smallest absolute Gasteiger partial charge is 0.144 e. The molecule has 4 nitrogen and oxygen atoms in total. The number of para-hydroxylation sites is 1. The Kier molecular flexibility index (Phi) is 3.51. The Morgan fingerprint density at radius 1 is 1.50 bits per heavy atom. The summed E-state index contributed by atoms with van der Waals surface area (Å²) in [6.45, 7) is 4.42. The second-order valence-corrected chi connectivity index (χ2v) is 3.83. The second-order valence-electron chi connectivity index (χ2n) is 3.83. The monoisotopic (exact) mass is 222 g/mol. The Labute approximate surface area is 95.9 Å². The van der Waals surface area contributed by atoms with Crippen LogP contribution < -0.4 is 15.5 Å². The number of hydrogen-bond donors (Lipinski definition) is 1. The van der Waals surface area contributed by atoms with E-state index in [0.29, 0.717) is 12.3 Å². The molecule has 0 aromatic heterocycles. The largest absolute Gasteiger partial charge is 0.491 e. The molecule has 88 valence electrons. The Balaban J connectivity index is 2.18. The van der Waals surface area contributed by atoms with Crippen molar-refractivity contribution in [1.82, 2.24) is 0 Å². The summed E-state index contributed by atoms with van der Waals surface area (Å²) < 4.78 is 5.58.